The van der Waals surface area contributed by atoms with Crippen LogP contribution in [0.3, 0.4) is 0 Å². The summed E-state index contributed by atoms with van der Waals surface area (Å²) in [6.07, 6.45) is 6.17. The van der Waals surface area contributed by atoms with E-state index in [0.29, 0.717) is 12.2 Å². The van der Waals surface area contributed by atoms with E-state index in [4.69, 9.17) is 4.74 Å². The van der Waals surface area contributed by atoms with Crippen molar-refractivity contribution in [3.05, 3.63) is 125 Å². The van der Waals surface area contributed by atoms with Crippen molar-refractivity contribution in [2.45, 2.75) is 31.1 Å². The number of halogens is 2. The number of fused-ring (bicyclic) bond motifs is 1. The molecule has 2 aliphatic carbocycles. The molecule has 3 aliphatic rings. The van der Waals surface area contributed by atoms with Gasteiger partial charge in [-0.3, -0.25) is 5.01 Å². The van der Waals surface area contributed by atoms with Gasteiger partial charge in [0.15, 0.2) is 0 Å². The molecule has 6 nitrogen and oxygen atoms in total. The SMILES string of the molecule is COc1ccccc1CCN(C[C@H]1CCC2=C1[C@@H](C)C1=CNN(c3ccc(F)cc3)C1=C2)S(=O)(=O)c1ccccc1F. The zero-order chi connectivity index (χ0) is 29.4. The molecular formula is C33H33F2N3O3S. The monoisotopic (exact) mass is 589 g/mol. The second-order valence-corrected chi connectivity index (χ2v) is 12.8. The minimum atomic E-state index is -4.12. The van der Waals surface area contributed by atoms with Crippen molar-refractivity contribution in [3.8, 4) is 5.75 Å². The first kappa shape index (κ1) is 28.2. The third kappa shape index (κ3) is 5.12. The van der Waals surface area contributed by atoms with Crippen molar-refractivity contribution in [3.63, 3.8) is 0 Å². The first-order valence-corrected chi connectivity index (χ1v) is 15.6. The number of benzene rings is 3. The molecule has 0 saturated heterocycles. The summed E-state index contributed by atoms with van der Waals surface area (Å²) in [6.45, 7) is 2.58. The minimum absolute atomic E-state index is 0.0206. The molecule has 0 fully saturated rings. The van der Waals surface area contributed by atoms with Crippen molar-refractivity contribution in [2.24, 2.45) is 11.8 Å². The largest absolute Gasteiger partial charge is 0.496 e. The molecule has 218 valence electrons. The van der Waals surface area contributed by atoms with Gasteiger partial charge in [0.05, 0.1) is 18.5 Å². The van der Waals surface area contributed by atoms with Crippen molar-refractivity contribution in [1.29, 1.82) is 0 Å². The maximum absolute atomic E-state index is 14.8. The smallest absolute Gasteiger partial charge is 0.246 e. The van der Waals surface area contributed by atoms with Gasteiger partial charge in [-0.15, -0.1) is 0 Å². The van der Waals surface area contributed by atoms with E-state index in [2.05, 4.69) is 18.4 Å². The molecule has 1 heterocycles. The van der Waals surface area contributed by atoms with Crippen LogP contribution in [0.25, 0.3) is 0 Å². The first-order chi connectivity index (χ1) is 20.3. The fraction of sp³-hybridized carbons (Fsp3) is 0.273. The number of hydrazine groups is 1. The van der Waals surface area contributed by atoms with Crippen LogP contribution in [0.15, 0.2) is 112 Å². The lowest BCUT2D eigenvalue weighted by atomic mass is 9.80. The molecule has 2 atom stereocenters. The molecule has 3 aromatic rings. The number of allylic oxidation sites excluding steroid dienone is 3. The van der Waals surface area contributed by atoms with Gasteiger partial charge in [-0.25, -0.2) is 17.2 Å². The number of sulfonamides is 1. The van der Waals surface area contributed by atoms with Gasteiger partial charge in [0.1, 0.15) is 22.3 Å². The first-order valence-electron chi connectivity index (χ1n) is 14.1. The van der Waals surface area contributed by atoms with Gasteiger partial charge >= 0.3 is 0 Å². The molecule has 3 aromatic carbocycles. The predicted molar refractivity (Wildman–Crippen MR) is 159 cm³/mol. The topological polar surface area (TPSA) is 61.9 Å². The van der Waals surface area contributed by atoms with Gasteiger partial charge < -0.3 is 10.2 Å². The Hall–Kier alpha value is -3.95. The predicted octanol–water partition coefficient (Wildman–Crippen LogP) is 6.36. The quantitative estimate of drug-likeness (QED) is 0.315. The fourth-order valence-corrected chi connectivity index (χ4v) is 7.96. The number of nitrogens with zero attached hydrogens (tertiary/aromatic N) is 2. The van der Waals surface area contributed by atoms with Gasteiger partial charge in [-0.1, -0.05) is 42.8 Å². The van der Waals surface area contributed by atoms with Crippen LogP contribution in [-0.4, -0.2) is 32.9 Å². The van der Waals surface area contributed by atoms with Gasteiger partial charge in [-0.2, -0.15) is 4.31 Å². The van der Waals surface area contributed by atoms with E-state index in [1.165, 1.54) is 45.8 Å². The van der Waals surface area contributed by atoms with Crippen LogP contribution in [0.2, 0.25) is 0 Å². The number of methoxy groups -OCH3 is 1. The van der Waals surface area contributed by atoms with Gasteiger partial charge in [-0.05, 0) is 84.9 Å². The number of ether oxygens (including phenoxy) is 1. The Bertz CT molecular complexity index is 1700. The Morgan fingerprint density at radius 1 is 1.02 bits per heavy atom. The molecule has 0 saturated carbocycles. The van der Waals surface area contributed by atoms with E-state index >= 15 is 0 Å². The molecule has 0 aromatic heterocycles. The van der Waals surface area contributed by atoms with Crippen LogP contribution >= 0.6 is 0 Å². The van der Waals surface area contributed by atoms with Gasteiger partial charge in [0, 0.05) is 30.8 Å². The molecule has 6 rings (SSSR count). The van der Waals surface area contributed by atoms with Crippen LogP contribution in [0, 0.1) is 23.5 Å². The summed E-state index contributed by atoms with van der Waals surface area (Å²) in [5.41, 5.74) is 9.56. The number of hydrogen-bond acceptors (Lipinski definition) is 5. The lowest BCUT2D eigenvalue weighted by Gasteiger charge is -2.32. The molecule has 1 aliphatic heterocycles. The Kier molecular flexibility index (Phi) is 7.64. The normalized spacial score (nSPS) is 19.8. The number of hydrogen-bond donors (Lipinski definition) is 1. The van der Waals surface area contributed by atoms with E-state index in [1.54, 1.807) is 25.3 Å². The van der Waals surface area contributed by atoms with Crippen molar-refractivity contribution >= 4 is 15.7 Å². The number of anilines is 1. The summed E-state index contributed by atoms with van der Waals surface area (Å²) in [4.78, 5) is -0.311. The summed E-state index contributed by atoms with van der Waals surface area (Å²) < 4.78 is 63.2. The third-order valence-electron chi connectivity index (χ3n) is 8.49. The number of para-hydroxylation sites is 1. The standard InChI is InChI=1S/C33H33F2N3O3S/c1-22-28-20-36-38(27-15-13-26(34)14-16-27)30(28)19-24-11-12-25(33(22)24)21-37(18-17-23-7-3-5-9-31(23)41-2)42(39,40)32-10-6-4-8-29(32)35/h3-10,13-16,19-20,22,25,36H,11-12,17-18,21H2,1-2H3/t22-,25+/m0/s1. The highest BCUT2D eigenvalue weighted by atomic mass is 32.2. The van der Waals surface area contributed by atoms with Gasteiger partial charge in [0.25, 0.3) is 0 Å². The maximum Gasteiger partial charge on any atom is 0.246 e. The van der Waals surface area contributed by atoms with Crippen LogP contribution in [0.5, 0.6) is 5.75 Å². The number of nitrogens with one attached hydrogen (secondary N) is 1. The molecule has 0 bridgehead atoms. The Morgan fingerprint density at radius 3 is 2.52 bits per heavy atom. The molecule has 0 radical (unpaired) electrons. The molecule has 0 amide bonds. The Labute approximate surface area is 245 Å². The van der Waals surface area contributed by atoms with Crippen molar-refractivity contribution in [2.75, 3.05) is 25.2 Å². The summed E-state index contributed by atoms with van der Waals surface area (Å²) in [5, 5.41) is 1.95. The zero-order valence-electron chi connectivity index (χ0n) is 23.6. The molecular weight excluding hydrogens is 556 g/mol. The lowest BCUT2D eigenvalue weighted by Crippen LogP contribution is -2.38. The highest BCUT2D eigenvalue weighted by Crippen LogP contribution is 2.48. The Balaban J connectivity index is 1.31. The number of rotatable bonds is 9. The molecule has 1 N–H and O–H groups in total. The molecule has 0 spiro atoms. The molecule has 9 heteroatoms. The van der Waals surface area contributed by atoms with E-state index < -0.39 is 15.8 Å². The summed E-state index contributed by atoms with van der Waals surface area (Å²) >= 11 is 0. The van der Waals surface area contributed by atoms with Crippen LogP contribution < -0.4 is 15.2 Å². The minimum Gasteiger partial charge on any atom is -0.496 e. The average Bonchev–Trinajstić information content (AvgIpc) is 3.60. The van der Waals surface area contributed by atoms with Crippen molar-refractivity contribution in [1.82, 2.24) is 9.73 Å². The highest BCUT2D eigenvalue weighted by molar-refractivity contribution is 7.89. The summed E-state index contributed by atoms with van der Waals surface area (Å²) in [5.74, 6) is -0.323. The van der Waals surface area contributed by atoms with Crippen LogP contribution in [0.1, 0.15) is 25.3 Å². The third-order valence-corrected chi connectivity index (χ3v) is 10.4. The zero-order valence-corrected chi connectivity index (χ0v) is 24.4. The van der Waals surface area contributed by atoms with Crippen molar-refractivity contribution < 1.29 is 21.9 Å². The van der Waals surface area contributed by atoms with E-state index in [-0.39, 0.29) is 35.6 Å². The maximum atomic E-state index is 14.8. The second-order valence-electron chi connectivity index (χ2n) is 10.9. The second kappa shape index (κ2) is 11.4. The van der Waals surface area contributed by atoms with Crippen LogP contribution in [0.4, 0.5) is 14.5 Å². The fourth-order valence-electron chi connectivity index (χ4n) is 6.41. The van der Waals surface area contributed by atoms with Crippen LogP contribution in [-0.2, 0) is 16.4 Å². The molecule has 42 heavy (non-hydrogen) atoms. The van der Waals surface area contributed by atoms with E-state index in [0.717, 1.165) is 35.4 Å². The molecule has 0 unspecified atom stereocenters. The average molecular weight is 590 g/mol. The summed E-state index contributed by atoms with van der Waals surface area (Å²) in [7, 11) is -2.52. The Morgan fingerprint density at radius 2 is 1.76 bits per heavy atom. The highest BCUT2D eigenvalue weighted by Gasteiger charge is 2.40. The lowest BCUT2D eigenvalue weighted by molar-refractivity contribution is 0.352. The van der Waals surface area contributed by atoms with E-state index in [9.17, 15) is 17.2 Å². The van der Waals surface area contributed by atoms with E-state index in [1.807, 2.05) is 35.5 Å². The summed E-state index contributed by atoms with van der Waals surface area (Å²) in [6, 6.07) is 19.4. The van der Waals surface area contributed by atoms with Gasteiger partial charge in [0.2, 0.25) is 10.0 Å².